The first-order valence-corrected chi connectivity index (χ1v) is 9.24. The van der Waals surface area contributed by atoms with Crippen LogP contribution < -0.4 is 10.6 Å². The average Bonchev–Trinajstić information content (AvgIpc) is 3.05. The summed E-state index contributed by atoms with van der Waals surface area (Å²) in [5.41, 5.74) is 0.980. The molecular formula is C19H26Cl2N4O. The molecular weight excluding hydrogens is 371 g/mol. The van der Waals surface area contributed by atoms with Crippen LogP contribution in [0.3, 0.4) is 0 Å². The van der Waals surface area contributed by atoms with Crippen molar-refractivity contribution >= 4 is 29.9 Å². The number of imidazole rings is 1. The number of amides is 1. The Balaban J connectivity index is 0.00000243. The molecule has 1 aliphatic rings. The molecule has 2 N–H and O–H groups in total. The van der Waals surface area contributed by atoms with Gasteiger partial charge in [-0.15, -0.1) is 12.4 Å². The van der Waals surface area contributed by atoms with Crippen LogP contribution in [0.25, 0.3) is 0 Å². The van der Waals surface area contributed by atoms with Crippen LogP contribution >= 0.6 is 24.0 Å². The second kappa shape index (κ2) is 9.95. The van der Waals surface area contributed by atoms with Gasteiger partial charge in [-0.25, -0.2) is 4.98 Å². The zero-order valence-corrected chi connectivity index (χ0v) is 16.5. The Bertz CT molecular complexity index is 696. The molecule has 1 unspecified atom stereocenters. The molecule has 1 saturated heterocycles. The van der Waals surface area contributed by atoms with Gasteiger partial charge in [0.1, 0.15) is 11.9 Å². The molecule has 0 spiro atoms. The van der Waals surface area contributed by atoms with E-state index in [0.717, 1.165) is 43.7 Å². The fraction of sp³-hybridized carbons (Fsp3) is 0.474. The number of halogens is 2. The highest BCUT2D eigenvalue weighted by molar-refractivity contribution is 6.30. The number of rotatable bonds is 6. The average molecular weight is 397 g/mol. The molecule has 0 saturated carbocycles. The van der Waals surface area contributed by atoms with Crippen LogP contribution in [0.15, 0.2) is 36.7 Å². The summed E-state index contributed by atoms with van der Waals surface area (Å²) >= 11 is 6.00. The Morgan fingerprint density at radius 3 is 2.65 bits per heavy atom. The van der Waals surface area contributed by atoms with Crippen molar-refractivity contribution in [3.8, 4) is 0 Å². The van der Waals surface area contributed by atoms with Crippen LogP contribution in [0.2, 0.25) is 5.02 Å². The third kappa shape index (κ3) is 5.47. The van der Waals surface area contributed by atoms with Gasteiger partial charge in [-0.05, 0) is 56.0 Å². The lowest BCUT2D eigenvalue weighted by atomic mass is 9.93. The van der Waals surface area contributed by atoms with Gasteiger partial charge in [0.25, 0.3) is 0 Å². The predicted molar refractivity (Wildman–Crippen MR) is 107 cm³/mol. The zero-order valence-electron chi connectivity index (χ0n) is 15.0. The Kier molecular flexibility index (Phi) is 7.94. The summed E-state index contributed by atoms with van der Waals surface area (Å²) in [5, 5.41) is 7.20. The van der Waals surface area contributed by atoms with Gasteiger partial charge in [0, 0.05) is 30.9 Å². The lowest BCUT2D eigenvalue weighted by Gasteiger charge is -2.23. The van der Waals surface area contributed by atoms with E-state index < -0.39 is 0 Å². The minimum Gasteiger partial charge on any atom is -0.342 e. The highest BCUT2D eigenvalue weighted by Crippen LogP contribution is 2.23. The van der Waals surface area contributed by atoms with Crippen molar-refractivity contribution in [1.29, 1.82) is 0 Å². The van der Waals surface area contributed by atoms with Crippen molar-refractivity contribution in [2.24, 2.45) is 13.0 Å². The highest BCUT2D eigenvalue weighted by Gasteiger charge is 2.21. The first-order valence-electron chi connectivity index (χ1n) is 8.86. The predicted octanol–water partition coefficient (Wildman–Crippen LogP) is 3.48. The maximum atomic E-state index is 12.6. The fourth-order valence-electron chi connectivity index (χ4n) is 3.35. The monoisotopic (exact) mass is 396 g/mol. The van der Waals surface area contributed by atoms with Gasteiger partial charge in [0.05, 0.1) is 0 Å². The summed E-state index contributed by atoms with van der Waals surface area (Å²) < 4.78 is 1.94. The SMILES string of the molecule is Cl.Cn1ccnc1C(NC(=O)CCC1CCNCC1)c1ccc(Cl)cc1. The molecule has 0 bridgehead atoms. The van der Waals surface area contributed by atoms with Gasteiger partial charge in [0.2, 0.25) is 5.91 Å². The van der Waals surface area contributed by atoms with E-state index in [-0.39, 0.29) is 24.4 Å². The van der Waals surface area contributed by atoms with Crippen LogP contribution in [0, 0.1) is 5.92 Å². The minimum absolute atomic E-state index is 0. The number of benzene rings is 1. The number of aromatic nitrogens is 2. The van der Waals surface area contributed by atoms with Crippen molar-refractivity contribution in [2.45, 2.75) is 31.7 Å². The van der Waals surface area contributed by atoms with Crippen LogP contribution in [-0.4, -0.2) is 28.5 Å². The van der Waals surface area contributed by atoms with E-state index in [0.29, 0.717) is 17.4 Å². The van der Waals surface area contributed by atoms with Gasteiger partial charge in [-0.1, -0.05) is 23.7 Å². The first-order chi connectivity index (χ1) is 12.1. The van der Waals surface area contributed by atoms with Crippen LogP contribution in [-0.2, 0) is 11.8 Å². The van der Waals surface area contributed by atoms with E-state index in [1.807, 2.05) is 42.1 Å². The van der Waals surface area contributed by atoms with Crippen LogP contribution in [0.5, 0.6) is 0 Å². The second-order valence-electron chi connectivity index (χ2n) is 6.68. The quantitative estimate of drug-likeness (QED) is 0.785. The Morgan fingerprint density at radius 1 is 1.35 bits per heavy atom. The third-order valence-corrected chi connectivity index (χ3v) is 5.12. The van der Waals surface area contributed by atoms with Gasteiger partial charge in [0.15, 0.2) is 0 Å². The third-order valence-electron chi connectivity index (χ3n) is 4.86. The van der Waals surface area contributed by atoms with E-state index in [9.17, 15) is 4.79 Å². The topological polar surface area (TPSA) is 59.0 Å². The van der Waals surface area contributed by atoms with Crippen molar-refractivity contribution < 1.29 is 4.79 Å². The molecule has 1 aromatic heterocycles. The molecule has 5 nitrogen and oxygen atoms in total. The molecule has 7 heteroatoms. The summed E-state index contributed by atoms with van der Waals surface area (Å²) in [7, 11) is 1.94. The molecule has 1 aliphatic heterocycles. The normalized spacial score (nSPS) is 15.9. The zero-order chi connectivity index (χ0) is 17.6. The molecule has 2 aromatic rings. The largest absolute Gasteiger partial charge is 0.342 e. The smallest absolute Gasteiger partial charge is 0.220 e. The van der Waals surface area contributed by atoms with Crippen LogP contribution in [0.1, 0.15) is 43.1 Å². The maximum Gasteiger partial charge on any atom is 0.220 e. The second-order valence-corrected chi connectivity index (χ2v) is 7.12. The van der Waals surface area contributed by atoms with Gasteiger partial charge in [-0.2, -0.15) is 0 Å². The molecule has 0 aliphatic carbocycles. The maximum absolute atomic E-state index is 12.6. The van der Waals surface area contributed by atoms with Gasteiger partial charge >= 0.3 is 0 Å². The number of aryl methyl sites for hydroxylation is 1. The van der Waals surface area contributed by atoms with E-state index in [2.05, 4.69) is 15.6 Å². The number of hydrogen-bond donors (Lipinski definition) is 2. The molecule has 26 heavy (non-hydrogen) atoms. The summed E-state index contributed by atoms with van der Waals surface area (Å²) in [4.78, 5) is 17.0. The Hall–Kier alpha value is -1.56. The summed E-state index contributed by atoms with van der Waals surface area (Å²) in [6.07, 6.45) is 7.46. The van der Waals surface area contributed by atoms with E-state index in [1.54, 1.807) is 6.20 Å². The summed E-state index contributed by atoms with van der Waals surface area (Å²) in [5.74, 6) is 1.54. The summed E-state index contributed by atoms with van der Waals surface area (Å²) in [6, 6.07) is 7.30. The molecule has 1 atom stereocenters. The molecule has 1 fully saturated rings. The number of piperidine rings is 1. The molecule has 142 valence electrons. The lowest BCUT2D eigenvalue weighted by molar-refractivity contribution is -0.122. The van der Waals surface area contributed by atoms with Gasteiger partial charge in [-0.3, -0.25) is 4.79 Å². The highest BCUT2D eigenvalue weighted by atomic mass is 35.5. The number of nitrogens with zero attached hydrogens (tertiary/aromatic N) is 2. The molecule has 3 rings (SSSR count). The number of carbonyl (C=O) groups excluding carboxylic acids is 1. The Labute approximate surface area is 165 Å². The number of hydrogen-bond acceptors (Lipinski definition) is 3. The summed E-state index contributed by atoms with van der Waals surface area (Å²) in [6.45, 7) is 2.12. The first kappa shape index (κ1) is 20.7. The number of nitrogens with one attached hydrogen (secondary N) is 2. The van der Waals surface area contributed by atoms with E-state index in [1.165, 1.54) is 0 Å². The van der Waals surface area contributed by atoms with Crippen molar-refractivity contribution in [3.63, 3.8) is 0 Å². The lowest BCUT2D eigenvalue weighted by Crippen LogP contribution is -2.32. The molecule has 1 aromatic carbocycles. The molecule has 0 radical (unpaired) electrons. The number of carbonyl (C=O) groups is 1. The van der Waals surface area contributed by atoms with Gasteiger partial charge < -0.3 is 15.2 Å². The molecule has 2 heterocycles. The van der Waals surface area contributed by atoms with Crippen molar-refractivity contribution in [1.82, 2.24) is 20.2 Å². The van der Waals surface area contributed by atoms with Crippen LogP contribution in [0.4, 0.5) is 0 Å². The Morgan fingerprint density at radius 2 is 2.04 bits per heavy atom. The molecule has 1 amide bonds. The standard InChI is InChI=1S/C19H25ClN4O.ClH/c1-24-13-12-22-19(24)18(15-3-5-16(20)6-4-15)23-17(25)7-2-14-8-10-21-11-9-14;/h3-6,12-14,18,21H,2,7-11H2,1H3,(H,23,25);1H. The van der Waals surface area contributed by atoms with E-state index >= 15 is 0 Å². The fourth-order valence-corrected chi connectivity index (χ4v) is 3.47. The van der Waals surface area contributed by atoms with Crippen molar-refractivity contribution in [2.75, 3.05) is 13.1 Å². The minimum atomic E-state index is -0.266. The van der Waals surface area contributed by atoms with E-state index in [4.69, 9.17) is 11.6 Å². The van der Waals surface area contributed by atoms with Crippen molar-refractivity contribution in [3.05, 3.63) is 53.1 Å².